The molecule has 2 aromatic rings. The van der Waals surface area contributed by atoms with Crippen molar-refractivity contribution >= 4 is 33.2 Å². The van der Waals surface area contributed by atoms with Gasteiger partial charge in [0.05, 0.1) is 4.90 Å². The first kappa shape index (κ1) is 17.1. The van der Waals surface area contributed by atoms with Gasteiger partial charge in [-0.25, -0.2) is 8.42 Å². The lowest BCUT2D eigenvalue weighted by Crippen LogP contribution is -2.34. The summed E-state index contributed by atoms with van der Waals surface area (Å²) in [5.41, 5.74) is 0. The van der Waals surface area contributed by atoms with Crippen LogP contribution in [0.15, 0.2) is 41.6 Å². The van der Waals surface area contributed by atoms with Crippen LogP contribution in [0.2, 0.25) is 0 Å². The third-order valence-electron chi connectivity index (χ3n) is 3.69. The van der Waals surface area contributed by atoms with Crippen molar-refractivity contribution in [2.75, 3.05) is 26.2 Å². The van der Waals surface area contributed by atoms with Crippen LogP contribution in [0, 0.1) is 0 Å². The molecular weight excluding hydrogens is 326 g/mol. The number of nitrogens with zero attached hydrogens (tertiary/aromatic N) is 3. The highest BCUT2D eigenvalue weighted by atomic mass is 35.5. The minimum atomic E-state index is -3.57. The molecule has 1 aromatic carbocycles. The van der Waals surface area contributed by atoms with Crippen molar-refractivity contribution in [3.8, 4) is 0 Å². The van der Waals surface area contributed by atoms with E-state index in [9.17, 15) is 13.6 Å². The number of rotatable bonds is 2. The molecule has 0 amide bonds. The molecule has 120 valence electrons. The minimum absolute atomic E-state index is 0. The van der Waals surface area contributed by atoms with Crippen molar-refractivity contribution < 1.29 is 13.6 Å². The van der Waals surface area contributed by atoms with E-state index in [0.29, 0.717) is 42.9 Å². The highest BCUT2D eigenvalue weighted by Crippen LogP contribution is 2.25. The fourth-order valence-electron chi connectivity index (χ4n) is 2.58. The maximum absolute atomic E-state index is 12.9. The monoisotopic (exact) mass is 343 g/mol. The molecular formula is C14H18ClN3O3S. The molecule has 0 spiro atoms. The predicted octanol–water partition coefficient (Wildman–Crippen LogP) is 1.74. The topological polar surface area (TPSA) is 73.7 Å². The molecule has 22 heavy (non-hydrogen) atoms. The molecule has 2 heterocycles. The quantitative estimate of drug-likeness (QED) is 0.899. The summed E-state index contributed by atoms with van der Waals surface area (Å²) in [5, 5.41) is 12.2. The summed E-state index contributed by atoms with van der Waals surface area (Å²) in [4.78, 5) is 4.33. The Morgan fingerprint density at radius 1 is 1.09 bits per heavy atom. The summed E-state index contributed by atoms with van der Waals surface area (Å²) in [6.45, 7) is 1.53. The van der Waals surface area contributed by atoms with Crippen LogP contribution >= 0.6 is 12.4 Å². The number of halogens is 1. The van der Waals surface area contributed by atoms with E-state index in [0.717, 1.165) is 5.39 Å². The van der Waals surface area contributed by atoms with E-state index in [2.05, 4.69) is 4.98 Å². The van der Waals surface area contributed by atoms with Crippen molar-refractivity contribution in [2.45, 2.75) is 11.3 Å². The van der Waals surface area contributed by atoms with Gasteiger partial charge in [0.25, 0.3) is 0 Å². The van der Waals surface area contributed by atoms with E-state index < -0.39 is 10.0 Å². The molecule has 6 nitrogen and oxygen atoms in total. The second kappa shape index (κ2) is 6.89. The molecule has 0 atom stereocenters. The number of aromatic nitrogens is 1. The molecule has 1 aliphatic heterocycles. The van der Waals surface area contributed by atoms with Crippen molar-refractivity contribution in [1.29, 1.82) is 0 Å². The van der Waals surface area contributed by atoms with E-state index in [4.69, 9.17) is 0 Å². The zero-order valence-corrected chi connectivity index (χ0v) is 13.6. The van der Waals surface area contributed by atoms with E-state index in [1.165, 1.54) is 9.37 Å². The van der Waals surface area contributed by atoms with Crippen molar-refractivity contribution in [2.24, 2.45) is 0 Å². The smallest absolute Gasteiger partial charge is 0.243 e. The van der Waals surface area contributed by atoms with E-state index in [1.54, 1.807) is 30.6 Å². The third-order valence-corrected chi connectivity index (χ3v) is 5.65. The number of sulfonamides is 1. The summed E-state index contributed by atoms with van der Waals surface area (Å²) >= 11 is 0. The summed E-state index contributed by atoms with van der Waals surface area (Å²) in [5.74, 6) is 0. The van der Waals surface area contributed by atoms with Crippen LogP contribution in [0.1, 0.15) is 6.42 Å². The van der Waals surface area contributed by atoms with E-state index >= 15 is 0 Å². The molecule has 3 rings (SSSR count). The maximum Gasteiger partial charge on any atom is 0.243 e. The van der Waals surface area contributed by atoms with Gasteiger partial charge in [-0.3, -0.25) is 4.98 Å². The SMILES string of the molecule is Cl.O=S(=O)(c1cccc2cnccc12)N1CCCN(O)CC1. The standard InChI is InChI=1S/C14H17N3O3S.ClH/c18-16-7-2-8-17(10-9-16)21(19,20)14-4-1-3-12-11-15-6-5-13(12)14;/h1,3-6,11,18H,2,7-10H2;1H. The highest BCUT2D eigenvalue weighted by Gasteiger charge is 2.27. The van der Waals surface area contributed by atoms with Crippen LogP contribution in [-0.4, -0.2) is 54.2 Å². The van der Waals surface area contributed by atoms with Gasteiger partial charge >= 0.3 is 0 Å². The van der Waals surface area contributed by atoms with Gasteiger partial charge in [0, 0.05) is 49.3 Å². The Labute approximate surface area is 135 Å². The molecule has 1 saturated heterocycles. The summed E-state index contributed by atoms with van der Waals surface area (Å²) in [6.07, 6.45) is 3.87. The zero-order chi connectivity index (χ0) is 14.9. The number of benzene rings is 1. The Morgan fingerprint density at radius 2 is 1.91 bits per heavy atom. The Morgan fingerprint density at radius 3 is 2.73 bits per heavy atom. The van der Waals surface area contributed by atoms with Gasteiger partial charge in [-0.05, 0) is 18.6 Å². The van der Waals surface area contributed by atoms with Crippen LogP contribution in [0.5, 0.6) is 0 Å². The molecule has 8 heteroatoms. The average molecular weight is 344 g/mol. The largest absolute Gasteiger partial charge is 0.314 e. The van der Waals surface area contributed by atoms with Crippen LogP contribution in [0.4, 0.5) is 0 Å². The molecule has 1 aromatic heterocycles. The van der Waals surface area contributed by atoms with E-state index in [-0.39, 0.29) is 12.4 Å². The fraction of sp³-hybridized carbons (Fsp3) is 0.357. The van der Waals surface area contributed by atoms with Crippen LogP contribution in [0.25, 0.3) is 10.8 Å². The third kappa shape index (κ3) is 3.23. The average Bonchev–Trinajstić information content (AvgIpc) is 2.72. The Bertz CT molecular complexity index is 749. The fourth-order valence-corrected chi connectivity index (χ4v) is 4.26. The summed E-state index contributed by atoms with van der Waals surface area (Å²) < 4.78 is 27.2. The lowest BCUT2D eigenvalue weighted by molar-refractivity contribution is -0.0854. The Hall–Kier alpha value is -1.25. The minimum Gasteiger partial charge on any atom is -0.314 e. The molecule has 0 radical (unpaired) electrons. The zero-order valence-electron chi connectivity index (χ0n) is 11.9. The van der Waals surface area contributed by atoms with Gasteiger partial charge in [0.1, 0.15) is 0 Å². The Balaban J connectivity index is 0.00000176. The van der Waals surface area contributed by atoms with Crippen LogP contribution in [-0.2, 0) is 10.0 Å². The number of hydroxylamine groups is 2. The van der Waals surface area contributed by atoms with Gasteiger partial charge in [-0.2, -0.15) is 9.37 Å². The molecule has 0 unspecified atom stereocenters. The lowest BCUT2D eigenvalue weighted by atomic mass is 10.2. The normalized spacial score (nSPS) is 17.9. The first-order chi connectivity index (χ1) is 10.1. The first-order valence-electron chi connectivity index (χ1n) is 6.86. The first-order valence-corrected chi connectivity index (χ1v) is 8.30. The second-order valence-corrected chi connectivity index (χ2v) is 6.97. The number of hydrogen-bond acceptors (Lipinski definition) is 5. The predicted molar refractivity (Wildman–Crippen MR) is 85.7 cm³/mol. The highest BCUT2D eigenvalue weighted by molar-refractivity contribution is 7.89. The maximum atomic E-state index is 12.9. The molecule has 0 aliphatic carbocycles. The summed E-state index contributed by atoms with van der Waals surface area (Å²) in [6, 6.07) is 6.92. The van der Waals surface area contributed by atoms with Crippen molar-refractivity contribution in [3.05, 3.63) is 36.7 Å². The van der Waals surface area contributed by atoms with Gasteiger partial charge in [-0.15, -0.1) is 12.4 Å². The van der Waals surface area contributed by atoms with Crippen LogP contribution in [0.3, 0.4) is 0 Å². The molecule has 0 bridgehead atoms. The van der Waals surface area contributed by atoms with Gasteiger partial charge in [0.15, 0.2) is 0 Å². The van der Waals surface area contributed by atoms with Crippen molar-refractivity contribution in [3.63, 3.8) is 0 Å². The number of pyridine rings is 1. The van der Waals surface area contributed by atoms with Crippen molar-refractivity contribution in [1.82, 2.24) is 14.4 Å². The molecule has 1 N–H and O–H groups in total. The van der Waals surface area contributed by atoms with Gasteiger partial charge < -0.3 is 5.21 Å². The molecule has 1 aliphatic rings. The lowest BCUT2D eigenvalue weighted by Gasteiger charge is -2.20. The van der Waals surface area contributed by atoms with Gasteiger partial charge in [-0.1, -0.05) is 12.1 Å². The Kier molecular flexibility index (Phi) is 5.36. The summed E-state index contributed by atoms with van der Waals surface area (Å²) in [7, 11) is -3.57. The number of hydrogen-bond donors (Lipinski definition) is 1. The number of fused-ring (bicyclic) bond motifs is 1. The van der Waals surface area contributed by atoms with Gasteiger partial charge in [0.2, 0.25) is 10.0 Å². The molecule has 1 fully saturated rings. The van der Waals surface area contributed by atoms with E-state index in [1.807, 2.05) is 6.07 Å². The second-order valence-electron chi connectivity index (χ2n) is 5.06. The molecule has 0 saturated carbocycles. The van der Waals surface area contributed by atoms with Crippen LogP contribution < -0.4 is 0 Å².